The van der Waals surface area contributed by atoms with Gasteiger partial charge in [0.15, 0.2) is 0 Å². The Morgan fingerprint density at radius 3 is 2.64 bits per heavy atom. The summed E-state index contributed by atoms with van der Waals surface area (Å²) in [6.45, 7) is 5.71. The number of nitrogens with one attached hydrogen (secondary N) is 1. The van der Waals surface area contributed by atoms with Gasteiger partial charge in [-0.2, -0.15) is 0 Å². The number of halogens is 1. The molecule has 0 aliphatic rings. The Bertz CT molecular complexity index is 1040. The molecule has 0 atom stereocenters. The van der Waals surface area contributed by atoms with Crippen molar-refractivity contribution in [3.05, 3.63) is 69.4 Å². The Hall–Kier alpha value is -3.02. The smallest absolute Gasteiger partial charge is 0.272 e. The first kappa shape index (κ1) is 16.8. The number of hydrogen-bond acceptors (Lipinski definition) is 3. The molecular weight excluding hydrogens is 321 g/mol. The summed E-state index contributed by atoms with van der Waals surface area (Å²) in [5, 5.41) is 2.67. The van der Waals surface area contributed by atoms with Gasteiger partial charge in [0.05, 0.1) is 11.0 Å². The zero-order chi connectivity index (χ0) is 18.1. The number of hydrogen-bond donors (Lipinski definition) is 1. The third-order valence-corrected chi connectivity index (χ3v) is 4.12. The van der Waals surface area contributed by atoms with Crippen molar-refractivity contribution in [1.29, 1.82) is 0 Å². The molecule has 1 N–H and O–H groups in total. The molecule has 0 spiro atoms. The number of amides is 1. The van der Waals surface area contributed by atoms with Gasteiger partial charge in [0.25, 0.3) is 11.5 Å². The molecule has 1 heterocycles. The summed E-state index contributed by atoms with van der Waals surface area (Å²) >= 11 is 0. The first-order chi connectivity index (χ1) is 11.9. The van der Waals surface area contributed by atoms with Gasteiger partial charge in [-0.05, 0) is 56.7 Å². The van der Waals surface area contributed by atoms with Gasteiger partial charge in [0.2, 0.25) is 0 Å². The normalized spacial score (nSPS) is 10.9. The highest BCUT2D eigenvalue weighted by molar-refractivity contribution is 6.05. The third-order valence-electron chi connectivity index (χ3n) is 4.12. The molecule has 2 aromatic carbocycles. The van der Waals surface area contributed by atoms with E-state index in [4.69, 9.17) is 0 Å². The second-order valence-corrected chi connectivity index (χ2v) is 5.87. The molecule has 6 heteroatoms. The number of rotatable bonds is 3. The molecule has 128 valence electrons. The lowest BCUT2D eigenvalue weighted by Crippen LogP contribution is -2.23. The second kappa shape index (κ2) is 6.47. The molecule has 1 aromatic heterocycles. The fraction of sp³-hybridized carbons (Fsp3) is 0.211. The highest BCUT2D eigenvalue weighted by Gasteiger charge is 2.12. The van der Waals surface area contributed by atoms with Crippen LogP contribution < -0.4 is 10.9 Å². The standard InChI is InChI=1S/C19H18FN3O2/c1-4-23-17-8-6-13(9-16(17)21-12(3)19(23)25)18(24)22-14-7-5-11(2)15(20)10-14/h5-10H,4H2,1-3H3,(H,22,24). The van der Waals surface area contributed by atoms with Crippen LogP contribution in [0.5, 0.6) is 0 Å². The summed E-state index contributed by atoms with van der Waals surface area (Å²) in [6.07, 6.45) is 0. The van der Waals surface area contributed by atoms with Crippen LogP contribution in [-0.4, -0.2) is 15.5 Å². The molecule has 5 nitrogen and oxygen atoms in total. The number of carbonyl (C=O) groups excluding carboxylic acids is 1. The largest absolute Gasteiger partial charge is 0.322 e. The molecule has 0 saturated carbocycles. The van der Waals surface area contributed by atoms with Crippen LogP contribution in [0.25, 0.3) is 11.0 Å². The summed E-state index contributed by atoms with van der Waals surface area (Å²) in [4.78, 5) is 28.8. The molecule has 0 fully saturated rings. The van der Waals surface area contributed by atoms with E-state index in [2.05, 4.69) is 10.3 Å². The van der Waals surface area contributed by atoms with Crippen molar-refractivity contribution in [3.8, 4) is 0 Å². The van der Waals surface area contributed by atoms with Crippen LogP contribution in [0.2, 0.25) is 0 Å². The van der Waals surface area contributed by atoms with E-state index in [9.17, 15) is 14.0 Å². The maximum atomic E-state index is 13.6. The number of benzene rings is 2. The fourth-order valence-electron chi connectivity index (χ4n) is 2.70. The Balaban J connectivity index is 1.98. The lowest BCUT2D eigenvalue weighted by Gasteiger charge is -2.10. The summed E-state index contributed by atoms with van der Waals surface area (Å²) in [5.74, 6) is -0.737. The van der Waals surface area contributed by atoms with Crippen molar-refractivity contribution in [3.63, 3.8) is 0 Å². The van der Waals surface area contributed by atoms with Crippen molar-refractivity contribution >= 4 is 22.6 Å². The van der Waals surface area contributed by atoms with Crippen molar-refractivity contribution < 1.29 is 9.18 Å². The number of nitrogens with zero attached hydrogens (tertiary/aromatic N) is 2. The number of aryl methyl sites for hydroxylation is 3. The monoisotopic (exact) mass is 339 g/mol. The maximum Gasteiger partial charge on any atom is 0.272 e. The van der Waals surface area contributed by atoms with E-state index < -0.39 is 0 Å². The van der Waals surface area contributed by atoms with E-state index in [1.165, 1.54) is 6.07 Å². The van der Waals surface area contributed by atoms with Crippen LogP contribution >= 0.6 is 0 Å². The van der Waals surface area contributed by atoms with Gasteiger partial charge in [-0.25, -0.2) is 9.37 Å². The predicted octanol–water partition coefficient (Wildman–Crippen LogP) is 3.42. The summed E-state index contributed by atoms with van der Waals surface area (Å²) < 4.78 is 15.2. The van der Waals surface area contributed by atoms with E-state index in [0.29, 0.717) is 40.1 Å². The van der Waals surface area contributed by atoms with Crippen LogP contribution in [0, 0.1) is 19.7 Å². The predicted molar refractivity (Wildman–Crippen MR) is 95.5 cm³/mol. The van der Waals surface area contributed by atoms with Gasteiger partial charge in [0.1, 0.15) is 11.5 Å². The van der Waals surface area contributed by atoms with Crippen LogP contribution in [0.1, 0.15) is 28.5 Å². The number of carbonyl (C=O) groups is 1. The highest BCUT2D eigenvalue weighted by atomic mass is 19.1. The molecule has 1 amide bonds. The molecule has 0 unspecified atom stereocenters. The topological polar surface area (TPSA) is 64.0 Å². The zero-order valence-corrected chi connectivity index (χ0v) is 14.3. The Morgan fingerprint density at radius 1 is 1.20 bits per heavy atom. The van der Waals surface area contributed by atoms with Crippen LogP contribution in [0.15, 0.2) is 41.2 Å². The van der Waals surface area contributed by atoms with E-state index >= 15 is 0 Å². The number of fused-ring (bicyclic) bond motifs is 1. The van der Waals surface area contributed by atoms with Crippen molar-refractivity contribution in [2.45, 2.75) is 27.3 Å². The van der Waals surface area contributed by atoms with Gasteiger partial charge in [-0.1, -0.05) is 6.07 Å². The highest BCUT2D eigenvalue weighted by Crippen LogP contribution is 2.17. The third kappa shape index (κ3) is 3.15. The Morgan fingerprint density at radius 2 is 1.96 bits per heavy atom. The lowest BCUT2D eigenvalue weighted by molar-refractivity contribution is 0.102. The van der Waals surface area contributed by atoms with Gasteiger partial charge < -0.3 is 9.88 Å². The van der Waals surface area contributed by atoms with Gasteiger partial charge in [0, 0.05) is 17.8 Å². The minimum Gasteiger partial charge on any atom is -0.322 e. The average molecular weight is 339 g/mol. The molecule has 0 radical (unpaired) electrons. The fourth-order valence-corrected chi connectivity index (χ4v) is 2.70. The molecule has 0 bridgehead atoms. The number of aromatic nitrogens is 2. The van der Waals surface area contributed by atoms with Crippen molar-refractivity contribution in [1.82, 2.24) is 9.55 Å². The summed E-state index contributed by atoms with van der Waals surface area (Å²) in [7, 11) is 0. The van der Waals surface area contributed by atoms with Gasteiger partial charge >= 0.3 is 0 Å². The second-order valence-electron chi connectivity index (χ2n) is 5.87. The minimum absolute atomic E-state index is 0.137. The van der Waals surface area contributed by atoms with E-state index in [-0.39, 0.29) is 17.3 Å². The molecule has 25 heavy (non-hydrogen) atoms. The van der Waals surface area contributed by atoms with E-state index in [0.717, 1.165) is 0 Å². The molecule has 3 aromatic rings. The van der Waals surface area contributed by atoms with Crippen molar-refractivity contribution in [2.24, 2.45) is 0 Å². The van der Waals surface area contributed by atoms with Crippen LogP contribution in [0.4, 0.5) is 10.1 Å². The molecule has 0 saturated heterocycles. The maximum absolute atomic E-state index is 13.6. The Labute approximate surface area is 144 Å². The van der Waals surface area contributed by atoms with Gasteiger partial charge in [-0.3, -0.25) is 9.59 Å². The van der Waals surface area contributed by atoms with Crippen LogP contribution in [-0.2, 0) is 6.54 Å². The van der Waals surface area contributed by atoms with E-state index in [1.54, 1.807) is 48.7 Å². The molecule has 3 rings (SSSR count). The molecule has 0 aliphatic heterocycles. The SMILES string of the molecule is CCn1c(=O)c(C)nc2cc(C(=O)Nc3ccc(C)c(F)c3)ccc21. The lowest BCUT2D eigenvalue weighted by atomic mass is 10.1. The summed E-state index contributed by atoms with van der Waals surface area (Å²) in [6, 6.07) is 9.51. The Kier molecular flexibility index (Phi) is 4.35. The number of anilines is 1. The molecular formula is C19H18FN3O2. The quantitative estimate of drug-likeness (QED) is 0.795. The minimum atomic E-state index is -0.374. The van der Waals surface area contributed by atoms with Crippen LogP contribution in [0.3, 0.4) is 0 Å². The van der Waals surface area contributed by atoms with Crippen molar-refractivity contribution in [2.75, 3.05) is 5.32 Å². The first-order valence-electron chi connectivity index (χ1n) is 7.99. The zero-order valence-electron chi connectivity index (χ0n) is 14.3. The van der Waals surface area contributed by atoms with Gasteiger partial charge in [-0.15, -0.1) is 0 Å². The van der Waals surface area contributed by atoms with E-state index in [1.807, 2.05) is 6.92 Å². The molecule has 0 aliphatic carbocycles. The summed E-state index contributed by atoms with van der Waals surface area (Å²) in [5.41, 5.74) is 2.78. The first-order valence-corrected chi connectivity index (χ1v) is 7.99. The average Bonchev–Trinajstić information content (AvgIpc) is 2.59.